The lowest BCUT2D eigenvalue weighted by atomic mass is 10.1. The SMILES string of the molecule is N#Cc1cnc(I)c(N)c1C(F)F. The number of anilines is 1. The fourth-order valence-corrected chi connectivity index (χ4v) is 1.27. The van der Waals surface area contributed by atoms with Gasteiger partial charge in [-0.1, -0.05) is 0 Å². The summed E-state index contributed by atoms with van der Waals surface area (Å²) in [4.78, 5) is 3.70. The minimum atomic E-state index is -2.74. The predicted octanol–water partition coefficient (Wildman–Crippen LogP) is 2.08. The Hall–Kier alpha value is -0.970. The fraction of sp³-hybridized carbons (Fsp3) is 0.143. The van der Waals surface area contributed by atoms with E-state index >= 15 is 0 Å². The summed E-state index contributed by atoms with van der Waals surface area (Å²) < 4.78 is 25.1. The first kappa shape index (κ1) is 10.1. The summed E-state index contributed by atoms with van der Waals surface area (Å²) in [5.74, 6) is 0. The Kier molecular flexibility index (Phi) is 2.98. The number of rotatable bonds is 1. The maximum atomic E-state index is 12.4. The highest BCUT2D eigenvalue weighted by atomic mass is 127. The number of halogens is 3. The molecular weight excluding hydrogens is 291 g/mol. The molecular formula is C7H4F2IN3. The number of alkyl halides is 2. The zero-order chi connectivity index (χ0) is 10.0. The van der Waals surface area contributed by atoms with Crippen molar-refractivity contribution in [2.45, 2.75) is 6.43 Å². The van der Waals surface area contributed by atoms with E-state index in [9.17, 15) is 8.78 Å². The Morgan fingerprint density at radius 2 is 2.23 bits per heavy atom. The molecule has 0 aromatic carbocycles. The van der Waals surface area contributed by atoms with Crippen LogP contribution in [-0.2, 0) is 0 Å². The number of pyridine rings is 1. The quantitative estimate of drug-likeness (QED) is 0.637. The van der Waals surface area contributed by atoms with Gasteiger partial charge in [0.15, 0.2) is 0 Å². The van der Waals surface area contributed by atoms with Crippen molar-refractivity contribution in [2.24, 2.45) is 0 Å². The van der Waals surface area contributed by atoms with E-state index in [2.05, 4.69) is 4.98 Å². The van der Waals surface area contributed by atoms with Crippen molar-refractivity contribution < 1.29 is 8.78 Å². The molecule has 1 heterocycles. The van der Waals surface area contributed by atoms with Gasteiger partial charge >= 0.3 is 0 Å². The summed E-state index contributed by atoms with van der Waals surface area (Å²) in [5.41, 5.74) is 4.64. The number of nitriles is 1. The molecule has 0 fully saturated rings. The molecule has 13 heavy (non-hydrogen) atoms. The van der Waals surface area contributed by atoms with Crippen molar-refractivity contribution in [3.8, 4) is 6.07 Å². The van der Waals surface area contributed by atoms with Crippen molar-refractivity contribution in [3.05, 3.63) is 21.0 Å². The van der Waals surface area contributed by atoms with E-state index in [1.54, 1.807) is 28.7 Å². The first-order valence-electron chi connectivity index (χ1n) is 3.20. The minimum Gasteiger partial charge on any atom is -0.396 e. The van der Waals surface area contributed by atoms with Crippen LogP contribution in [0, 0.1) is 15.0 Å². The molecule has 0 bridgehead atoms. The molecule has 1 aromatic rings. The Morgan fingerprint density at radius 1 is 1.62 bits per heavy atom. The van der Waals surface area contributed by atoms with Crippen molar-refractivity contribution >= 4 is 28.3 Å². The molecule has 0 aliphatic carbocycles. The lowest BCUT2D eigenvalue weighted by Gasteiger charge is -2.06. The highest BCUT2D eigenvalue weighted by Gasteiger charge is 2.19. The molecule has 1 aromatic heterocycles. The molecule has 3 nitrogen and oxygen atoms in total. The predicted molar refractivity (Wildman–Crippen MR) is 51.0 cm³/mol. The summed E-state index contributed by atoms with van der Waals surface area (Å²) in [6.07, 6.45) is -1.65. The molecule has 0 aliphatic heterocycles. The van der Waals surface area contributed by atoms with Crippen LogP contribution >= 0.6 is 22.6 Å². The van der Waals surface area contributed by atoms with Gasteiger partial charge in [0.05, 0.1) is 16.8 Å². The van der Waals surface area contributed by atoms with Gasteiger partial charge in [-0.3, -0.25) is 0 Å². The van der Waals surface area contributed by atoms with Gasteiger partial charge in [-0.2, -0.15) is 5.26 Å². The molecule has 0 aliphatic rings. The second kappa shape index (κ2) is 3.83. The highest BCUT2D eigenvalue weighted by Crippen LogP contribution is 2.30. The third kappa shape index (κ3) is 1.85. The van der Waals surface area contributed by atoms with Crippen molar-refractivity contribution in [3.63, 3.8) is 0 Å². The third-order valence-electron chi connectivity index (χ3n) is 1.45. The molecule has 2 N–H and O–H groups in total. The van der Waals surface area contributed by atoms with Gasteiger partial charge in [0.2, 0.25) is 0 Å². The monoisotopic (exact) mass is 295 g/mol. The van der Waals surface area contributed by atoms with Crippen LogP contribution in [0.2, 0.25) is 0 Å². The standard InChI is InChI=1S/C7H4F2IN3/c8-6(9)4-3(1-11)2-13-7(10)5(4)12/h2,6H,12H2. The average molecular weight is 295 g/mol. The summed E-state index contributed by atoms with van der Waals surface area (Å²) in [5, 5.41) is 8.50. The second-order valence-corrected chi connectivity index (χ2v) is 3.22. The topological polar surface area (TPSA) is 62.7 Å². The molecule has 1 rings (SSSR count). The molecule has 6 heteroatoms. The number of hydrogen-bond acceptors (Lipinski definition) is 3. The fourth-order valence-electron chi connectivity index (χ4n) is 0.841. The number of hydrogen-bond donors (Lipinski definition) is 1. The summed E-state index contributed by atoms with van der Waals surface area (Å²) in [7, 11) is 0. The first-order chi connectivity index (χ1) is 6.07. The maximum Gasteiger partial charge on any atom is 0.267 e. The van der Waals surface area contributed by atoms with Gasteiger partial charge in [0.25, 0.3) is 6.43 Å². The molecule has 0 saturated heterocycles. The van der Waals surface area contributed by atoms with E-state index in [4.69, 9.17) is 11.0 Å². The van der Waals surface area contributed by atoms with E-state index in [0.717, 1.165) is 6.20 Å². The molecule has 0 radical (unpaired) electrons. The molecule has 0 spiro atoms. The Morgan fingerprint density at radius 3 is 2.69 bits per heavy atom. The van der Waals surface area contributed by atoms with E-state index in [1.165, 1.54) is 0 Å². The van der Waals surface area contributed by atoms with Gasteiger partial charge < -0.3 is 5.73 Å². The van der Waals surface area contributed by atoms with Crippen molar-refractivity contribution in [2.75, 3.05) is 5.73 Å². The second-order valence-electron chi connectivity index (χ2n) is 2.20. The summed E-state index contributed by atoms with van der Waals surface area (Å²) >= 11 is 1.74. The summed E-state index contributed by atoms with van der Waals surface area (Å²) in [6, 6.07) is 1.62. The number of nitrogen functional groups attached to an aromatic ring is 1. The highest BCUT2D eigenvalue weighted by molar-refractivity contribution is 14.1. The Bertz CT molecular complexity index is 373. The van der Waals surface area contributed by atoms with Crippen molar-refractivity contribution in [1.29, 1.82) is 5.26 Å². The first-order valence-corrected chi connectivity index (χ1v) is 4.28. The van der Waals surface area contributed by atoms with Gasteiger partial charge in [-0.05, 0) is 22.6 Å². The molecule has 0 atom stereocenters. The average Bonchev–Trinajstić information content (AvgIpc) is 2.08. The van der Waals surface area contributed by atoms with Crippen LogP contribution in [0.4, 0.5) is 14.5 Å². The number of nitrogens with zero attached hydrogens (tertiary/aromatic N) is 2. The molecule has 0 unspecified atom stereocenters. The third-order valence-corrected chi connectivity index (χ3v) is 2.31. The van der Waals surface area contributed by atoms with Crippen LogP contribution < -0.4 is 5.73 Å². The van der Waals surface area contributed by atoms with E-state index < -0.39 is 12.0 Å². The van der Waals surface area contributed by atoms with Gasteiger partial charge in [0.1, 0.15) is 9.77 Å². The zero-order valence-electron chi connectivity index (χ0n) is 6.26. The Balaban J connectivity index is 3.43. The minimum absolute atomic E-state index is 0.116. The number of aromatic nitrogens is 1. The van der Waals surface area contributed by atoms with Crippen LogP contribution in [0.5, 0.6) is 0 Å². The van der Waals surface area contributed by atoms with E-state index in [-0.39, 0.29) is 15.0 Å². The molecule has 68 valence electrons. The largest absolute Gasteiger partial charge is 0.396 e. The van der Waals surface area contributed by atoms with E-state index in [1.807, 2.05) is 0 Å². The normalized spacial score (nSPS) is 10.1. The van der Waals surface area contributed by atoms with Crippen LogP contribution in [0.25, 0.3) is 0 Å². The van der Waals surface area contributed by atoms with Crippen LogP contribution in [0.15, 0.2) is 6.20 Å². The van der Waals surface area contributed by atoms with Gasteiger partial charge in [-0.15, -0.1) is 0 Å². The zero-order valence-corrected chi connectivity index (χ0v) is 8.42. The smallest absolute Gasteiger partial charge is 0.267 e. The van der Waals surface area contributed by atoms with Crippen molar-refractivity contribution in [1.82, 2.24) is 4.98 Å². The molecule has 0 amide bonds. The van der Waals surface area contributed by atoms with Crippen LogP contribution in [-0.4, -0.2) is 4.98 Å². The van der Waals surface area contributed by atoms with Crippen LogP contribution in [0.1, 0.15) is 17.6 Å². The lowest BCUT2D eigenvalue weighted by molar-refractivity contribution is 0.151. The summed E-state index contributed by atoms with van der Waals surface area (Å²) in [6.45, 7) is 0. The van der Waals surface area contributed by atoms with E-state index in [0.29, 0.717) is 0 Å². The molecule has 0 saturated carbocycles. The van der Waals surface area contributed by atoms with Crippen LogP contribution in [0.3, 0.4) is 0 Å². The van der Waals surface area contributed by atoms with Gasteiger partial charge in [-0.25, -0.2) is 13.8 Å². The Labute approximate surface area is 86.7 Å². The lowest BCUT2D eigenvalue weighted by Crippen LogP contribution is -2.03. The van der Waals surface area contributed by atoms with Gasteiger partial charge in [0, 0.05) is 6.20 Å². The number of nitrogens with two attached hydrogens (primary N) is 1. The maximum absolute atomic E-state index is 12.4.